The van der Waals surface area contributed by atoms with Gasteiger partial charge in [0.2, 0.25) is 5.91 Å². The molecule has 136 valence electrons. The summed E-state index contributed by atoms with van der Waals surface area (Å²) in [5, 5.41) is 0. The largest absolute Gasteiger partial charge is 0.497 e. The van der Waals surface area contributed by atoms with Crippen molar-refractivity contribution in [1.82, 2.24) is 9.80 Å². The van der Waals surface area contributed by atoms with E-state index >= 15 is 0 Å². The fourth-order valence-electron chi connectivity index (χ4n) is 4.45. The van der Waals surface area contributed by atoms with E-state index in [1.54, 1.807) is 7.11 Å². The van der Waals surface area contributed by atoms with Crippen LogP contribution in [0.2, 0.25) is 0 Å². The summed E-state index contributed by atoms with van der Waals surface area (Å²) in [4.78, 5) is 17.1. The van der Waals surface area contributed by atoms with Crippen molar-refractivity contribution in [3.8, 4) is 5.75 Å². The first-order valence-electron chi connectivity index (χ1n) is 9.46. The van der Waals surface area contributed by atoms with Gasteiger partial charge in [0.25, 0.3) is 0 Å². The van der Waals surface area contributed by atoms with Crippen molar-refractivity contribution in [1.29, 1.82) is 0 Å². The second kappa shape index (κ2) is 6.96. The fourth-order valence-corrected chi connectivity index (χ4v) is 4.45. The molecule has 1 aromatic carbocycles. The molecule has 1 aromatic rings. The average molecular weight is 344 g/mol. The van der Waals surface area contributed by atoms with Crippen molar-refractivity contribution in [3.05, 3.63) is 29.8 Å². The van der Waals surface area contributed by atoms with Gasteiger partial charge in [-0.3, -0.25) is 9.69 Å². The predicted molar refractivity (Wildman–Crippen MR) is 95.8 cm³/mol. The highest BCUT2D eigenvalue weighted by Gasteiger charge is 2.52. The summed E-state index contributed by atoms with van der Waals surface area (Å²) in [6.07, 6.45) is 5.50. The summed E-state index contributed by atoms with van der Waals surface area (Å²) in [5.74, 6) is 0.984. The lowest BCUT2D eigenvalue weighted by molar-refractivity contribution is -0.157. The van der Waals surface area contributed by atoms with Crippen molar-refractivity contribution in [2.75, 3.05) is 39.9 Å². The summed E-state index contributed by atoms with van der Waals surface area (Å²) >= 11 is 0. The zero-order valence-corrected chi connectivity index (χ0v) is 15.1. The molecule has 0 aromatic heterocycles. The molecule has 0 aliphatic carbocycles. The zero-order valence-electron chi connectivity index (χ0n) is 15.1. The number of amides is 1. The molecule has 5 nitrogen and oxygen atoms in total. The molecular formula is C20H28N2O3. The Bertz CT molecular complexity index is 621. The second-order valence-corrected chi connectivity index (χ2v) is 7.73. The highest BCUT2D eigenvalue weighted by atomic mass is 16.5. The molecule has 0 radical (unpaired) electrons. The Kier molecular flexibility index (Phi) is 4.69. The highest BCUT2D eigenvalue weighted by molar-refractivity contribution is 5.80. The topological polar surface area (TPSA) is 42.0 Å². The van der Waals surface area contributed by atoms with E-state index in [0.29, 0.717) is 12.5 Å². The second-order valence-electron chi connectivity index (χ2n) is 7.73. The van der Waals surface area contributed by atoms with Gasteiger partial charge in [-0.05, 0) is 50.0 Å². The Hall–Kier alpha value is -1.59. The first-order valence-corrected chi connectivity index (χ1v) is 9.46. The van der Waals surface area contributed by atoms with Crippen molar-refractivity contribution in [2.45, 2.75) is 43.7 Å². The van der Waals surface area contributed by atoms with E-state index < -0.39 is 0 Å². The number of benzene rings is 1. The lowest BCUT2D eigenvalue weighted by Crippen LogP contribution is -2.63. The van der Waals surface area contributed by atoms with Crippen LogP contribution in [0.5, 0.6) is 5.75 Å². The molecule has 4 rings (SSSR count). The molecule has 0 N–H and O–H groups in total. The van der Waals surface area contributed by atoms with E-state index in [4.69, 9.17) is 9.47 Å². The van der Waals surface area contributed by atoms with Gasteiger partial charge in [-0.2, -0.15) is 0 Å². The number of piperidine rings is 1. The minimum Gasteiger partial charge on any atom is -0.497 e. The number of methoxy groups -OCH3 is 1. The summed E-state index contributed by atoms with van der Waals surface area (Å²) in [5.41, 5.74) is 0.926. The predicted octanol–water partition coefficient (Wildman–Crippen LogP) is 2.09. The van der Waals surface area contributed by atoms with E-state index in [2.05, 4.69) is 4.90 Å². The number of likely N-dealkylation sites (tertiary alicyclic amines) is 2. The van der Waals surface area contributed by atoms with Crippen molar-refractivity contribution < 1.29 is 14.3 Å². The van der Waals surface area contributed by atoms with Gasteiger partial charge in [0.15, 0.2) is 0 Å². The van der Waals surface area contributed by atoms with Gasteiger partial charge in [0.1, 0.15) is 11.4 Å². The molecule has 5 heteroatoms. The van der Waals surface area contributed by atoms with E-state index in [-0.39, 0.29) is 11.5 Å². The maximum absolute atomic E-state index is 12.5. The molecule has 3 aliphatic rings. The van der Waals surface area contributed by atoms with Gasteiger partial charge in [-0.1, -0.05) is 18.6 Å². The molecule has 25 heavy (non-hydrogen) atoms. The van der Waals surface area contributed by atoms with Crippen LogP contribution >= 0.6 is 0 Å². The van der Waals surface area contributed by atoms with Crippen LogP contribution in [0.1, 0.15) is 31.2 Å². The Morgan fingerprint density at radius 3 is 2.84 bits per heavy atom. The Labute approximate surface area is 149 Å². The third-order valence-electron chi connectivity index (χ3n) is 5.90. The van der Waals surface area contributed by atoms with Crippen LogP contribution in [0.4, 0.5) is 0 Å². The van der Waals surface area contributed by atoms with Gasteiger partial charge in [0, 0.05) is 6.04 Å². The number of carbonyl (C=O) groups excluding carboxylic acids is 1. The highest BCUT2D eigenvalue weighted by Crippen LogP contribution is 2.37. The fraction of sp³-hybridized carbons (Fsp3) is 0.650. The minimum atomic E-state index is -0.0772. The summed E-state index contributed by atoms with van der Waals surface area (Å²) < 4.78 is 11.4. The molecule has 0 saturated carbocycles. The smallest absolute Gasteiger partial charge is 0.227 e. The summed E-state index contributed by atoms with van der Waals surface area (Å²) in [6, 6.07) is 8.30. The number of ether oxygens (including phenoxy) is 2. The van der Waals surface area contributed by atoms with Gasteiger partial charge >= 0.3 is 0 Å². The number of rotatable bonds is 4. The summed E-state index contributed by atoms with van der Waals surface area (Å²) in [7, 11) is 1.65. The van der Waals surface area contributed by atoms with Gasteiger partial charge < -0.3 is 14.4 Å². The van der Waals surface area contributed by atoms with Crippen molar-refractivity contribution >= 4 is 5.91 Å². The van der Waals surface area contributed by atoms with Crippen molar-refractivity contribution in [3.63, 3.8) is 0 Å². The molecule has 3 fully saturated rings. The number of hydrogen-bond acceptors (Lipinski definition) is 4. The van der Waals surface area contributed by atoms with E-state index in [0.717, 1.165) is 37.4 Å². The van der Waals surface area contributed by atoms with Crippen LogP contribution in [0.15, 0.2) is 24.3 Å². The molecule has 3 heterocycles. The van der Waals surface area contributed by atoms with Gasteiger partial charge in [0.05, 0.1) is 33.2 Å². The minimum absolute atomic E-state index is 0.0772. The normalized spacial score (nSPS) is 25.8. The van der Waals surface area contributed by atoms with Crippen LogP contribution in [0.3, 0.4) is 0 Å². The maximum atomic E-state index is 12.5. The monoisotopic (exact) mass is 344 g/mol. The van der Waals surface area contributed by atoms with Crippen LogP contribution in [0.25, 0.3) is 0 Å². The van der Waals surface area contributed by atoms with Crippen LogP contribution in [0, 0.1) is 0 Å². The molecule has 3 saturated heterocycles. The first kappa shape index (κ1) is 16.9. The third kappa shape index (κ3) is 3.53. The summed E-state index contributed by atoms with van der Waals surface area (Å²) in [6.45, 7) is 4.75. The number of nitrogens with zero attached hydrogens (tertiary/aromatic N) is 2. The van der Waals surface area contributed by atoms with Crippen LogP contribution in [-0.4, -0.2) is 67.2 Å². The SMILES string of the molecule is COc1cccc(CC(=O)N2CC3(CC(N4CCCCC4)CO3)C2)c1. The number of hydrogen-bond donors (Lipinski definition) is 0. The maximum Gasteiger partial charge on any atom is 0.227 e. The number of carbonyl (C=O) groups is 1. The van der Waals surface area contributed by atoms with E-state index in [1.807, 2.05) is 29.2 Å². The van der Waals surface area contributed by atoms with Crippen LogP contribution < -0.4 is 4.74 Å². The molecule has 1 spiro atoms. The molecule has 1 amide bonds. The third-order valence-corrected chi connectivity index (χ3v) is 5.90. The molecule has 1 atom stereocenters. The average Bonchev–Trinajstić information content (AvgIpc) is 3.07. The van der Waals surface area contributed by atoms with Crippen molar-refractivity contribution in [2.24, 2.45) is 0 Å². The lowest BCUT2D eigenvalue weighted by Gasteiger charge is -2.47. The lowest BCUT2D eigenvalue weighted by atomic mass is 9.88. The van der Waals surface area contributed by atoms with E-state index in [1.165, 1.54) is 32.4 Å². The Morgan fingerprint density at radius 2 is 2.08 bits per heavy atom. The van der Waals surface area contributed by atoms with Crippen LogP contribution in [-0.2, 0) is 16.0 Å². The quantitative estimate of drug-likeness (QED) is 0.839. The molecular weight excluding hydrogens is 316 g/mol. The first-order chi connectivity index (χ1) is 12.2. The zero-order chi connectivity index (χ0) is 17.3. The van der Waals surface area contributed by atoms with E-state index in [9.17, 15) is 4.79 Å². The molecule has 1 unspecified atom stereocenters. The molecule has 3 aliphatic heterocycles. The van der Waals surface area contributed by atoms with Gasteiger partial charge in [-0.15, -0.1) is 0 Å². The molecule has 0 bridgehead atoms. The Morgan fingerprint density at radius 1 is 1.28 bits per heavy atom. The standard InChI is InChI=1S/C20H28N2O3/c1-24-18-7-5-6-16(10-18)11-19(23)22-14-20(15-22)12-17(13-25-20)21-8-3-2-4-9-21/h5-7,10,17H,2-4,8-9,11-15H2,1H3. The van der Waals surface area contributed by atoms with Gasteiger partial charge in [-0.25, -0.2) is 0 Å². The Balaban J connectivity index is 1.28.